The molecule has 0 spiro atoms. The van der Waals surface area contributed by atoms with Crippen molar-refractivity contribution in [3.05, 3.63) is 34.4 Å². The fraction of sp³-hybridized carbons (Fsp3) is 0. The summed E-state index contributed by atoms with van der Waals surface area (Å²) >= 11 is 0. The highest BCUT2D eigenvalue weighted by atomic mass is 19.2. The molecular weight excluding hydrogens is 202 g/mol. The minimum Gasteiger partial charge on any atom is -0.267 e. The third kappa shape index (κ3) is 0.905. The number of fused-ring (bicyclic) bond motifs is 1. The van der Waals surface area contributed by atoms with Gasteiger partial charge in [-0.3, -0.25) is 4.79 Å². The van der Waals surface area contributed by atoms with Gasteiger partial charge in [0.2, 0.25) is 0 Å². The van der Waals surface area contributed by atoms with Gasteiger partial charge in [0.15, 0.2) is 23.3 Å². The van der Waals surface area contributed by atoms with Crippen LogP contribution in [0.25, 0.3) is 0 Å². The Hall–Kier alpha value is -1.72. The molecule has 0 saturated heterocycles. The van der Waals surface area contributed by atoms with E-state index in [2.05, 4.69) is 4.99 Å². The molecule has 0 aliphatic carbocycles. The van der Waals surface area contributed by atoms with E-state index in [4.69, 9.17) is 0 Å². The van der Waals surface area contributed by atoms with Gasteiger partial charge in [-0.1, -0.05) is 0 Å². The Bertz CT molecular complexity index is 481. The molecule has 0 N–H and O–H groups in total. The van der Waals surface area contributed by atoms with Crippen molar-refractivity contribution in [1.82, 2.24) is 0 Å². The Balaban J connectivity index is 2.89. The van der Waals surface area contributed by atoms with Crippen molar-refractivity contribution in [3.8, 4) is 0 Å². The zero-order chi connectivity index (χ0) is 10.5. The number of nitrogens with zero attached hydrogens (tertiary/aromatic N) is 1. The van der Waals surface area contributed by atoms with Crippen LogP contribution >= 0.6 is 0 Å². The van der Waals surface area contributed by atoms with Crippen molar-refractivity contribution in [2.45, 2.75) is 0 Å². The number of amides is 1. The molecule has 0 atom stereocenters. The molecule has 0 bridgehead atoms. The first-order valence-electron chi connectivity index (χ1n) is 3.48. The molecule has 0 aromatic heterocycles. The Kier molecular flexibility index (Phi) is 1.67. The van der Waals surface area contributed by atoms with E-state index in [1.165, 1.54) is 0 Å². The van der Waals surface area contributed by atoms with Crippen LogP contribution in [0.2, 0.25) is 0 Å². The lowest BCUT2D eigenvalue weighted by molar-refractivity contribution is 0.100. The van der Waals surface area contributed by atoms with Crippen LogP contribution in [0.4, 0.5) is 17.6 Å². The lowest BCUT2D eigenvalue weighted by Gasteiger charge is -2.02. The van der Waals surface area contributed by atoms with E-state index < -0.39 is 40.3 Å². The molecule has 0 radical (unpaired) electrons. The van der Waals surface area contributed by atoms with E-state index >= 15 is 0 Å². The molecule has 0 fully saturated rings. The van der Waals surface area contributed by atoms with Crippen LogP contribution in [-0.4, -0.2) is 12.1 Å². The van der Waals surface area contributed by atoms with Gasteiger partial charge in [0.05, 0.1) is 5.56 Å². The lowest BCUT2D eigenvalue weighted by atomic mass is 10.1. The minimum absolute atomic E-state index is 0.647. The number of hydrogen-bond acceptors (Lipinski definition) is 1. The Morgan fingerprint density at radius 2 is 1.50 bits per heavy atom. The number of halogens is 4. The van der Waals surface area contributed by atoms with Gasteiger partial charge in [-0.15, -0.1) is 0 Å². The second-order valence-electron chi connectivity index (χ2n) is 2.61. The summed E-state index contributed by atoms with van der Waals surface area (Å²) in [5.41, 5.74) is -1.51. The molecule has 6 heteroatoms. The fourth-order valence-corrected chi connectivity index (χ4v) is 1.17. The average Bonchev–Trinajstić information content (AvgIpc) is 2.54. The van der Waals surface area contributed by atoms with Crippen LogP contribution in [-0.2, 0) is 0 Å². The number of rotatable bonds is 0. The van der Waals surface area contributed by atoms with Crippen LogP contribution in [0.1, 0.15) is 15.9 Å². The molecule has 1 heterocycles. The molecule has 2 nitrogen and oxygen atoms in total. The summed E-state index contributed by atoms with van der Waals surface area (Å²) in [4.78, 5) is 13.8. The highest BCUT2D eigenvalue weighted by Gasteiger charge is 2.30. The van der Waals surface area contributed by atoms with Gasteiger partial charge in [0, 0.05) is 11.8 Å². The Labute approximate surface area is 74.9 Å². The monoisotopic (exact) mass is 203 g/mol. The van der Waals surface area contributed by atoms with E-state index in [1.807, 2.05) is 0 Å². The molecule has 72 valence electrons. The molecule has 1 aliphatic rings. The number of carbonyl (C=O) groups excluding carboxylic acids is 1. The quantitative estimate of drug-likeness (QED) is 0.359. The highest BCUT2D eigenvalue weighted by Crippen LogP contribution is 2.26. The van der Waals surface area contributed by atoms with Crippen LogP contribution in [0.3, 0.4) is 0 Å². The first kappa shape index (κ1) is 8.86. The topological polar surface area (TPSA) is 29.4 Å². The second-order valence-corrected chi connectivity index (χ2v) is 2.61. The molecule has 1 aromatic rings. The fourth-order valence-electron chi connectivity index (χ4n) is 1.17. The van der Waals surface area contributed by atoms with Gasteiger partial charge in [0.1, 0.15) is 0 Å². The van der Waals surface area contributed by atoms with E-state index in [-0.39, 0.29) is 0 Å². The number of benzene rings is 1. The van der Waals surface area contributed by atoms with Crippen LogP contribution in [0.15, 0.2) is 4.99 Å². The predicted octanol–water partition coefficient (Wildman–Crippen LogP) is 1.82. The van der Waals surface area contributed by atoms with Crippen LogP contribution < -0.4 is 0 Å². The molecule has 1 amide bonds. The van der Waals surface area contributed by atoms with Gasteiger partial charge < -0.3 is 0 Å². The van der Waals surface area contributed by atoms with E-state index in [9.17, 15) is 22.4 Å². The van der Waals surface area contributed by atoms with Gasteiger partial charge in [0.25, 0.3) is 5.91 Å². The van der Waals surface area contributed by atoms with E-state index in [1.54, 1.807) is 0 Å². The molecule has 0 unspecified atom stereocenters. The first-order valence-corrected chi connectivity index (χ1v) is 3.48. The molecule has 1 aromatic carbocycles. The number of hydrogen-bond donors (Lipinski definition) is 0. The highest BCUT2D eigenvalue weighted by molar-refractivity contribution is 6.13. The lowest BCUT2D eigenvalue weighted by Crippen LogP contribution is -2.07. The van der Waals surface area contributed by atoms with Crippen molar-refractivity contribution in [2.24, 2.45) is 4.99 Å². The Morgan fingerprint density at radius 1 is 0.929 bits per heavy atom. The third-order valence-electron chi connectivity index (χ3n) is 1.83. The maximum Gasteiger partial charge on any atom is 0.280 e. The third-order valence-corrected chi connectivity index (χ3v) is 1.83. The van der Waals surface area contributed by atoms with E-state index in [0.29, 0.717) is 6.21 Å². The predicted molar refractivity (Wildman–Crippen MR) is 38.2 cm³/mol. The SMILES string of the molecule is O=C1N=Cc2c(F)c(F)c(F)c(F)c21. The van der Waals surface area contributed by atoms with Gasteiger partial charge in [-0.2, -0.15) is 0 Å². The second kappa shape index (κ2) is 2.63. The first-order chi connectivity index (χ1) is 6.54. The molecule has 2 rings (SSSR count). The summed E-state index contributed by atoms with van der Waals surface area (Å²) in [6.07, 6.45) is 0.665. The zero-order valence-electron chi connectivity index (χ0n) is 6.44. The van der Waals surface area contributed by atoms with Crippen molar-refractivity contribution < 1.29 is 22.4 Å². The summed E-state index contributed by atoms with van der Waals surface area (Å²) in [6, 6.07) is 0. The largest absolute Gasteiger partial charge is 0.280 e. The van der Waals surface area contributed by atoms with Crippen molar-refractivity contribution in [2.75, 3.05) is 0 Å². The molecule has 14 heavy (non-hydrogen) atoms. The van der Waals surface area contributed by atoms with Crippen molar-refractivity contribution in [1.29, 1.82) is 0 Å². The van der Waals surface area contributed by atoms with Crippen molar-refractivity contribution >= 4 is 12.1 Å². The molecule has 1 aliphatic heterocycles. The standard InChI is InChI=1S/C8HF4NO/c9-4-2-1-13-8(14)3(2)5(10)7(12)6(4)11/h1H. The molecule has 0 saturated carbocycles. The number of carbonyl (C=O) groups is 1. The maximum absolute atomic E-state index is 12.9. The normalized spacial score (nSPS) is 13.6. The summed E-state index contributed by atoms with van der Waals surface area (Å²) < 4.78 is 51.0. The zero-order valence-corrected chi connectivity index (χ0v) is 6.44. The summed E-state index contributed by atoms with van der Waals surface area (Å²) in [7, 11) is 0. The average molecular weight is 203 g/mol. The Morgan fingerprint density at radius 3 is 2.14 bits per heavy atom. The summed E-state index contributed by atoms with van der Waals surface area (Å²) in [5, 5.41) is 0. The van der Waals surface area contributed by atoms with Crippen LogP contribution in [0, 0.1) is 23.3 Å². The summed E-state index contributed by atoms with van der Waals surface area (Å²) in [6.45, 7) is 0. The smallest absolute Gasteiger partial charge is 0.267 e. The molecular formula is C8HF4NO. The minimum atomic E-state index is -2.00. The van der Waals surface area contributed by atoms with Gasteiger partial charge in [-0.05, 0) is 0 Å². The summed E-state index contributed by atoms with van der Waals surface area (Å²) in [5.74, 6) is -8.37. The van der Waals surface area contributed by atoms with Crippen molar-refractivity contribution in [3.63, 3.8) is 0 Å². The van der Waals surface area contributed by atoms with Gasteiger partial charge >= 0.3 is 0 Å². The maximum atomic E-state index is 12.9. The van der Waals surface area contributed by atoms with E-state index in [0.717, 1.165) is 0 Å². The number of aliphatic imine (C=N–C) groups is 1. The van der Waals surface area contributed by atoms with Crippen LogP contribution in [0.5, 0.6) is 0 Å². The van der Waals surface area contributed by atoms with Gasteiger partial charge in [-0.25, -0.2) is 22.6 Å².